The molecule has 0 spiro atoms. The molecular formula is C15H16ClN3O2S. The molecule has 2 N–H and O–H groups in total. The Morgan fingerprint density at radius 1 is 1.27 bits per heavy atom. The molecule has 1 atom stereocenters. The normalized spacial score (nSPS) is 12.0. The summed E-state index contributed by atoms with van der Waals surface area (Å²) in [4.78, 5) is 28.6. The van der Waals surface area contributed by atoms with Gasteiger partial charge in [-0.3, -0.25) is 9.59 Å². The smallest absolute Gasteiger partial charge is 0.253 e. The standard InChI is InChI=1S/C15H16ClN3O2S/c1-9(2)12(14(21)19-15-17-7-8-22-15)18-13(20)10-5-3-4-6-11(10)16/h3-9,12H,1-2H3,(H,18,20)(H,17,19,21)/t12-/m0/s1. The van der Waals surface area contributed by atoms with Crippen molar-refractivity contribution in [3.8, 4) is 0 Å². The summed E-state index contributed by atoms with van der Waals surface area (Å²) in [6.45, 7) is 3.72. The van der Waals surface area contributed by atoms with Gasteiger partial charge in [-0.2, -0.15) is 0 Å². The van der Waals surface area contributed by atoms with E-state index in [4.69, 9.17) is 11.6 Å². The number of thiazole rings is 1. The Morgan fingerprint density at radius 3 is 2.59 bits per heavy atom. The predicted molar refractivity (Wildman–Crippen MR) is 88.3 cm³/mol. The first-order valence-electron chi connectivity index (χ1n) is 6.74. The van der Waals surface area contributed by atoms with Crippen molar-refractivity contribution in [3.05, 3.63) is 46.4 Å². The number of benzene rings is 1. The van der Waals surface area contributed by atoms with Crippen molar-refractivity contribution in [3.63, 3.8) is 0 Å². The van der Waals surface area contributed by atoms with Gasteiger partial charge < -0.3 is 10.6 Å². The third-order valence-electron chi connectivity index (χ3n) is 3.02. The maximum Gasteiger partial charge on any atom is 0.253 e. The summed E-state index contributed by atoms with van der Waals surface area (Å²) < 4.78 is 0. The Morgan fingerprint density at radius 2 is 2.00 bits per heavy atom. The lowest BCUT2D eigenvalue weighted by molar-refractivity contribution is -0.118. The number of nitrogens with one attached hydrogen (secondary N) is 2. The first-order chi connectivity index (χ1) is 10.5. The van der Waals surface area contributed by atoms with Crippen LogP contribution in [0.25, 0.3) is 0 Å². The average molecular weight is 338 g/mol. The van der Waals surface area contributed by atoms with Crippen LogP contribution in [-0.2, 0) is 4.79 Å². The van der Waals surface area contributed by atoms with E-state index in [0.29, 0.717) is 15.7 Å². The highest BCUT2D eigenvalue weighted by molar-refractivity contribution is 7.13. The van der Waals surface area contributed by atoms with Gasteiger partial charge in [0.25, 0.3) is 5.91 Å². The van der Waals surface area contributed by atoms with Gasteiger partial charge in [-0.1, -0.05) is 37.6 Å². The molecule has 1 aromatic heterocycles. The van der Waals surface area contributed by atoms with Crippen LogP contribution in [0, 0.1) is 5.92 Å². The first kappa shape index (κ1) is 16.5. The van der Waals surface area contributed by atoms with Crippen molar-refractivity contribution in [2.24, 2.45) is 5.92 Å². The average Bonchev–Trinajstić information content (AvgIpc) is 2.97. The Kier molecular flexibility index (Phi) is 5.51. The van der Waals surface area contributed by atoms with E-state index in [0.717, 1.165) is 0 Å². The summed E-state index contributed by atoms with van der Waals surface area (Å²) in [6.07, 6.45) is 1.60. The van der Waals surface area contributed by atoms with E-state index >= 15 is 0 Å². The number of carbonyl (C=O) groups excluding carboxylic acids is 2. The number of nitrogens with zero attached hydrogens (tertiary/aromatic N) is 1. The van der Waals surface area contributed by atoms with Crippen LogP contribution in [0.4, 0.5) is 5.13 Å². The minimum atomic E-state index is -0.673. The van der Waals surface area contributed by atoms with Gasteiger partial charge in [-0.25, -0.2) is 4.98 Å². The molecular weight excluding hydrogens is 322 g/mol. The zero-order valence-corrected chi connectivity index (χ0v) is 13.7. The fraction of sp³-hybridized carbons (Fsp3) is 0.267. The maximum atomic E-state index is 12.3. The molecule has 2 rings (SSSR count). The van der Waals surface area contributed by atoms with Gasteiger partial charge in [0.1, 0.15) is 6.04 Å². The van der Waals surface area contributed by atoms with Crippen molar-refractivity contribution in [2.45, 2.75) is 19.9 Å². The second-order valence-electron chi connectivity index (χ2n) is 5.00. The topological polar surface area (TPSA) is 71.1 Å². The van der Waals surface area contributed by atoms with Crippen LogP contribution in [0.5, 0.6) is 0 Å². The third kappa shape index (κ3) is 4.05. The second-order valence-corrected chi connectivity index (χ2v) is 6.30. The minimum absolute atomic E-state index is 0.0774. The second kappa shape index (κ2) is 7.38. The monoisotopic (exact) mass is 337 g/mol. The summed E-state index contributed by atoms with van der Waals surface area (Å²) in [5.74, 6) is -0.754. The van der Waals surface area contributed by atoms with Crippen LogP contribution in [0.3, 0.4) is 0 Å². The lowest BCUT2D eigenvalue weighted by Crippen LogP contribution is -2.47. The van der Waals surface area contributed by atoms with Gasteiger partial charge in [0.2, 0.25) is 5.91 Å². The zero-order chi connectivity index (χ0) is 16.1. The van der Waals surface area contributed by atoms with E-state index in [9.17, 15) is 9.59 Å². The number of hydrogen-bond acceptors (Lipinski definition) is 4. The first-order valence-corrected chi connectivity index (χ1v) is 8.00. The van der Waals surface area contributed by atoms with Gasteiger partial charge in [0, 0.05) is 11.6 Å². The van der Waals surface area contributed by atoms with Gasteiger partial charge in [0.15, 0.2) is 5.13 Å². The highest BCUT2D eigenvalue weighted by Crippen LogP contribution is 2.16. The van der Waals surface area contributed by atoms with E-state index < -0.39 is 6.04 Å². The minimum Gasteiger partial charge on any atom is -0.340 e. The van der Waals surface area contributed by atoms with Crippen molar-refractivity contribution in [1.29, 1.82) is 0 Å². The number of amides is 2. The summed E-state index contributed by atoms with van der Waals surface area (Å²) in [7, 11) is 0. The van der Waals surface area contributed by atoms with Crippen LogP contribution in [-0.4, -0.2) is 22.8 Å². The van der Waals surface area contributed by atoms with Crippen LogP contribution in [0.15, 0.2) is 35.8 Å². The summed E-state index contributed by atoms with van der Waals surface area (Å²) in [5, 5.41) is 8.04. The van der Waals surface area contributed by atoms with Crippen LogP contribution in [0.2, 0.25) is 5.02 Å². The Bertz CT molecular complexity index is 659. The van der Waals surface area contributed by atoms with Crippen molar-refractivity contribution >= 4 is 39.9 Å². The number of hydrogen-bond donors (Lipinski definition) is 2. The Balaban J connectivity index is 2.10. The van der Waals surface area contributed by atoms with Gasteiger partial charge in [-0.15, -0.1) is 11.3 Å². The number of halogens is 1. The lowest BCUT2D eigenvalue weighted by atomic mass is 10.0. The van der Waals surface area contributed by atoms with Gasteiger partial charge >= 0.3 is 0 Å². The van der Waals surface area contributed by atoms with Crippen molar-refractivity contribution in [2.75, 3.05) is 5.32 Å². The fourth-order valence-electron chi connectivity index (χ4n) is 1.87. The SMILES string of the molecule is CC(C)[C@H](NC(=O)c1ccccc1Cl)C(=O)Nc1nccs1. The molecule has 2 aromatic rings. The molecule has 0 saturated heterocycles. The Labute approximate surface area is 137 Å². The predicted octanol–water partition coefficient (Wildman–Crippen LogP) is 3.19. The van der Waals surface area contributed by atoms with E-state index in [1.54, 1.807) is 35.8 Å². The molecule has 0 radical (unpaired) electrons. The van der Waals surface area contributed by atoms with Gasteiger partial charge in [-0.05, 0) is 18.1 Å². The molecule has 2 amide bonds. The van der Waals surface area contributed by atoms with Gasteiger partial charge in [0.05, 0.1) is 10.6 Å². The molecule has 0 aliphatic heterocycles. The largest absolute Gasteiger partial charge is 0.340 e. The third-order valence-corrected chi connectivity index (χ3v) is 4.03. The molecule has 0 bridgehead atoms. The number of aromatic nitrogens is 1. The zero-order valence-electron chi connectivity index (χ0n) is 12.2. The number of rotatable bonds is 5. The maximum absolute atomic E-state index is 12.3. The molecule has 116 valence electrons. The molecule has 0 fully saturated rings. The van der Waals surface area contributed by atoms with E-state index in [1.807, 2.05) is 13.8 Å². The van der Waals surface area contributed by atoms with Crippen LogP contribution in [0.1, 0.15) is 24.2 Å². The molecule has 0 aliphatic rings. The highest BCUT2D eigenvalue weighted by atomic mass is 35.5. The molecule has 22 heavy (non-hydrogen) atoms. The fourth-order valence-corrected chi connectivity index (χ4v) is 2.62. The number of anilines is 1. The summed E-state index contributed by atoms with van der Waals surface area (Å²) in [5.41, 5.74) is 0.344. The van der Waals surface area contributed by atoms with E-state index in [-0.39, 0.29) is 17.7 Å². The van der Waals surface area contributed by atoms with E-state index in [1.165, 1.54) is 11.3 Å². The Hall–Kier alpha value is -1.92. The van der Waals surface area contributed by atoms with Crippen molar-refractivity contribution < 1.29 is 9.59 Å². The van der Waals surface area contributed by atoms with Crippen LogP contribution < -0.4 is 10.6 Å². The van der Waals surface area contributed by atoms with Crippen molar-refractivity contribution in [1.82, 2.24) is 10.3 Å². The summed E-state index contributed by atoms with van der Waals surface area (Å²) >= 11 is 7.33. The molecule has 0 saturated carbocycles. The molecule has 5 nitrogen and oxygen atoms in total. The molecule has 1 aromatic carbocycles. The number of carbonyl (C=O) groups is 2. The summed E-state index contributed by atoms with van der Waals surface area (Å²) in [6, 6.07) is 6.05. The van der Waals surface area contributed by atoms with E-state index in [2.05, 4.69) is 15.6 Å². The molecule has 1 heterocycles. The highest BCUT2D eigenvalue weighted by Gasteiger charge is 2.25. The van der Waals surface area contributed by atoms with Crippen LogP contribution >= 0.6 is 22.9 Å². The quantitative estimate of drug-likeness (QED) is 0.880. The lowest BCUT2D eigenvalue weighted by Gasteiger charge is -2.21. The molecule has 7 heteroatoms. The molecule has 0 aliphatic carbocycles. The molecule has 0 unspecified atom stereocenters.